The van der Waals surface area contributed by atoms with Crippen molar-refractivity contribution in [2.45, 2.75) is 32.7 Å². The molecule has 0 bridgehead atoms. The third kappa shape index (κ3) is 3.22. The number of nitrogens with zero attached hydrogens (tertiary/aromatic N) is 3. The molecule has 0 aliphatic carbocycles. The van der Waals surface area contributed by atoms with E-state index in [1.165, 1.54) is 6.26 Å². The third-order valence-electron chi connectivity index (χ3n) is 4.76. The van der Waals surface area contributed by atoms with Crippen LogP contribution in [0.25, 0.3) is 10.8 Å². The van der Waals surface area contributed by atoms with E-state index in [-0.39, 0.29) is 17.7 Å². The Morgan fingerprint density at radius 2 is 2.00 bits per heavy atom. The Hall–Kier alpha value is -1.40. The van der Waals surface area contributed by atoms with Gasteiger partial charge in [-0.25, -0.2) is 18.4 Å². The largest absolute Gasteiger partial charge is 0.353 e. The number of pyridine rings is 2. The first-order valence-corrected chi connectivity index (χ1v) is 10.5. The normalized spacial score (nSPS) is 21.3. The Morgan fingerprint density at radius 3 is 2.58 bits per heavy atom. The van der Waals surface area contributed by atoms with Gasteiger partial charge in [-0.15, -0.1) is 0 Å². The van der Waals surface area contributed by atoms with Crippen LogP contribution in [-0.4, -0.2) is 43.0 Å². The zero-order chi connectivity index (χ0) is 17.6. The number of rotatable bonds is 4. The molecule has 2 aromatic heterocycles. The summed E-state index contributed by atoms with van der Waals surface area (Å²) in [7, 11) is -2.97. The highest BCUT2D eigenvalue weighted by atomic mass is 35.5. The number of halogens is 1. The molecule has 1 fully saturated rings. The molecule has 1 aliphatic rings. The molecule has 3 rings (SSSR count). The van der Waals surface area contributed by atoms with Gasteiger partial charge in [0.2, 0.25) is 0 Å². The van der Waals surface area contributed by atoms with E-state index in [9.17, 15) is 8.42 Å². The van der Waals surface area contributed by atoms with Gasteiger partial charge in [0.1, 0.15) is 20.8 Å². The lowest BCUT2D eigenvalue weighted by atomic mass is 9.90. The maximum atomic E-state index is 11.5. The Balaban J connectivity index is 1.99. The molecular weight excluding hydrogens is 346 g/mol. The minimum atomic E-state index is -2.97. The van der Waals surface area contributed by atoms with Crippen LogP contribution in [0, 0.1) is 5.92 Å². The number of hydrogen-bond donors (Lipinski definition) is 0. The molecule has 0 unspecified atom stereocenters. The molecule has 1 aliphatic heterocycles. The molecule has 0 saturated carbocycles. The van der Waals surface area contributed by atoms with E-state index in [1.54, 1.807) is 6.20 Å². The number of anilines is 1. The molecule has 0 spiro atoms. The summed E-state index contributed by atoms with van der Waals surface area (Å²) >= 11 is 6.09. The standard InChI is InChI=1S/C17H22ClN3O2S/c1-10(2)14-6-20-17(15-7-19-16(18)5-13(14)15)21-8-12(11(21)3)9-24(4,22)23/h5-7,10-12H,8-9H2,1-4H3/t11-,12-/m0/s1. The summed E-state index contributed by atoms with van der Waals surface area (Å²) < 4.78 is 23.1. The molecule has 5 nitrogen and oxygen atoms in total. The summed E-state index contributed by atoms with van der Waals surface area (Å²) in [5.74, 6) is 1.55. The van der Waals surface area contributed by atoms with E-state index in [4.69, 9.17) is 11.6 Å². The second kappa shape index (κ2) is 6.15. The molecule has 130 valence electrons. The van der Waals surface area contributed by atoms with Gasteiger partial charge in [0.05, 0.1) is 5.75 Å². The van der Waals surface area contributed by atoms with Gasteiger partial charge in [-0.1, -0.05) is 25.4 Å². The van der Waals surface area contributed by atoms with Crippen molar-refractivity contribution in [3.63, 3.8) is 0 Å². The number of fused-ring (bicyclic) bond motifs is 1. The summed E-state index contributed by atoms with van der Waals surface area (Å²) in [5, 5.41) is 2.50. The minimum Gasteiger partial charge on any atom is -0.353 e. The van der Waals surface area contributed by atoms with E-state index in [2.05, 4.69) is 28.7 Å². The van der Waals surface area contributed by atoms with E-state index in [1.807, 2.05) is 19.2 Å². The Morgan fingerprint density at radius 1 is 1.29 bits per heavy atom. The highest BCUT2D eigenvalue weighted by Gasteiger charge is 2.39. The van der Waals surface area contributed by atoms with Crippen molar-refractivity contribution in [1.82, 2.24) is 9.97 Å². The lowest BCUT2D eigenvalue weighted by Crippen LogP contribution is -2.57. The summed E-state index contributed by atoms with van der Waals surface area (Å²) in [6, 6.07) is 2.02. The van der Waals surface area contributed by atoms with E-state index in [0.29, 0.717) is 17.6 Å². The van der Waals surface area contributed by atoms with Crippen LogP contribution in [0.5, 0.6) is 0 Å². The Kier molecular flexibility index (Phi) is 4.47. The average Bonchev–Trinajstić information content (AvgIpc) is 2.48. The quantitative estimate of drug-likeness (QED) is 0.776. The fourth-order valence-electron chi connectivity index (χ4n) is 3.35. The van der Waals surface area contributed by atoms with E-state index in [0.717, 1.165) is 22.2 Å². The van der Waals surface area contributed by atoms with E-state index >= 15 is 0 Å². The fourth-order valence-corrected chi connectivity index (χ4v) is 4.67. The monoisotopic (exact) mass is 367 g/mol. The van der Waals surface area contributed by atoms with Crippen LogP contribution in [-0.2, 0) is 9.84 Å². The van der Waals surface area contributed by atoms with Crippen LogP contribution in [0.1, 0.15) is 32.3 Å². The fraction of sp³-hybridized carbons (Fsp3) is 0.529. The second-order valence-electron chi connectivity index (χ2n) is 6.99. The predicted molar refractivity (Wildman–Crippen MR) is 98.6 cm³/mol. The van der Waals surface area contributed by atoms with E-state index < -0.39 is 9.84 Å². The lowest BCUT2D eigenvalue weighted by molar-refractivity contribution is 0.339. The van der Waals surface area contributed by atoms with Crippen LogP contribution >= 0.6 is 11.6 Å². The van der Waals surface area contributed by atoms with Crippen molar-refractivity contribution in [3.05, 3.63) is 29.2 Å². The minimum absolute atomic E-state index is 0.135. The van der Waals surface area contributed by atoms with Crippen LogP contribution < -0.4 is 4.90 Å². The highest BCUT2D eigenvalue weighted by Crippen LogP contribution is 2.37. The van der Waals surface area contributed by atoms with Crippen LogP contribution in [0.15, 0.2) is 18.5 Å². The topological polar surface area (TPSA) is 63.2 Å². The van der Waals surface area contributed by atoms with Crippen LogP contribution in [0.4, 0.5) is 5.82 Å². The molecule has 0 radical (unpaired) electrons. The van der Waals surface area contributed by atoms with Crippen molar-refractivity contribution in [2.75, 3.05) is 23.5 Å². The number of hydrogen-bond acceptors (Lipinski definition) is 5. The first-order valence-electron chi connectivity index (χ1n) is 8.06. The Labute approximate surface area is 148 Å². The van der Waals surface area contributed by atoms with Crippen LogP contribution in [0.3, 0.4) is 0 Å². The average molecular weight is 368 g/mol. The first-order chi connectivity index (χ1) is 11.2. The van der Waals surface area contributed by atoms with Gasteiger partial charge < -0.3 is 4.90 Å². The van der Waals surface area contributed by atoms with Crippen LogP contribution in [0.2, 0.25) is 5.15 Å². The molecule has 0 aromatic carbocycles. The number of sulfone groups is 1. The molecule has 1 saturated heterocycles. The zero-order valence-electron chi connectivity index (χ0n) is 14.3. The maximum absolute atomic E-state index is 11.5. The van der Waals surface area contributed by atoms with Gasteiger partial charge in [-0.05, 0) is 29.9 Å². The molecule has 0 amide bonds. The first kappa shape index (κ1) is 17.4. The van der Waals surface area contributed by atoms with Gasteiger partial charge in [-0.2, -0.15) is 0 Å². The molecule has 7 heteroatoms. The van der Waals surface area contributed by atoms with Crippen molar-refractivity contribution in [2.24, 2.45) is 5.92 Å². The smallest absolute Gasteiger partial charge is 0.147 e. The van der Waals surface area contributed by atoms with Gasteiger partial charge in [0, 0.05) is 42.5 Å². The maximum Gasteiger partial charge on any atom is 0.147 e. The second-order valence-corrected chi connectivity index (χ2v) is 9.56. The third-order valence-corrected chi connectivity index (χ3v) is 6.00. The summed E-state index contributed by atoms with van der Waals surface area (Å²) in [5.41, 5.74) is 1.14. The van der Waals surface area contributed by atoms with Gasteiger partial charge in [0.15, 0.2) is 0 Å². The van der Waals surface area contributed by atoms with Crippen molar-refractivity contribution in [3.8, 4) is 0 Å². The summed E-state index contributed by atoms with van der Waals surface area (Å²) in [6.07, 6.45) is 4.96. The summed E-state index contributed by atoms with van der Waals surface area (Å²) in [6.45, 7) is 6.99. The molecule has 24 heavy (non-hydrogen) atoms. The lowest BCUT2D eigenvalue weighted by Gasteiger charge is -2.47. The number of aromatic nitrogens is 2. The van der Waals surface area contributed by atoms with Crippen molar-refractivity contribution >= 4 is 38.0 Å². The molecule has 3 heterocycles. The molecule has 0 N–H and O–H groups in total. The summed E-state index contributed by atoms with van der Waals surface area (Å²) in [4.78, 5) is 11.0. The van der Waals surface area contributed by atoms with Crippen molar-refractivity contribution in [1.29, 1.82) is 0 Å². The van der Waals surface area contributed by atoms with Gasteiger partial charge >= 0.3 is 0 Å². The van der Waals surface area contributed by atoms with Crippen molar-refractivity contribution < 1.29 is 8.42 Å². The molecular formula is C17H22ClN3O2S. The SMILES string of the molecule is CC(C)c1cnc(N2C[C@@H](CS(C)(=O)=O)[C@@H]2C)c2cnc(Cl)cc12. The highest BCUT2D eigenvalue weighted by molar-refractivity contribution is 7.90. The van der Waals surface area contributed by atoms with Gasteiger partial charge in [0.25, 0.3) is 0 Å². The molecule has 2 atom stereocenters. The predicted octanol–water partition coefficient (Wildman–Crippen LogP) is 3.28. The Bertz CT molecular complexity index is 883. The zero-order valence-corrected chi connectivity index (χ0v) is 15.9. The van der Waals surface area contributed by atoms with Gasteiger partial charge in [-0.3, -0.25) is 0 Å². The molecule has 2 aromatic rings.